The Bertz CT molecular complexity index is 362. The minimum Gasteiger partial charge on any atom is -0.351 e. The monoisotopic (exact) mass is 248 g/mol. The molecule has 1 atom stereocenters. The number of carbonyl (C=O) groups is 1. The van der Waals surface area contributed by atoms with Gasteiger partial charge >= 0.3 is 0 Å². The van der Waals surface area contributed by atoms with E-state index in [4.69, 9.17) is 0 Å². The van der Waals surface area contributed by atoms with E-state index in [1.165, 1.54) is 0 Å². The zero-order chi connectivity index (χ0) is 12.4. The summed E-state index contributed by atoms with van der Waals surface area (Å²) in [4.78, 5) is 11.8. The van der Waals surface area contributed by atoms with Crippen molar-refractivity contribution in [1.29, 1.82) is 0 Å². The van der Waals surface area contributed by atoms with Crippen LogP contribution < -0.4 is 10.6 Å². The molecule has 0 bridgehead atoms. The molecule has 5 nitrogen and oxygen atoms in total. The van der Waals surface area contributed by atoms with E-state index < -0.39 is 15.4 Å². The standard InChI is InChI=1S/C10H20N2O3S/c1-10(2,11-3)9(13)12-8-5-4-6-16(14,15)7-8/h8,11H,4-7H2,1-3H3,(H,12,13). The number of rotatable bonds is 3. The molecule has 0 aliphatic carbocycles. The van der Waals surface area contributed by atoms with Crippen LogP contribution in [-0.4, -0.2) is 44.5 Å². The van der Waals surface area contributed by atoms with Gasteiger partial charge in [-0.2, -0.15) is 0 Å². The van der Waals surface area contributed by atoms with E-state index in [1.54, 1.807) is 20.9 Å². The van der Waals surface area contributed by atoms with Crippen LogP contribution in [0, 0.1) is 0 Å². The molecule has 6 heteroatoms. The molecule has 1 heterocycles. The molecule has 1 saturated heterocycles. The Morgan fingerprint density at radius 3 is 2.50 bits per heavy atom. The van der Waals surface area contributed by atoms with Crippen molar-refractivity contribution in [2.24, 2.45) is 0 Å². The maximum Gasteiger partial charge on any atom is 0.239 e. The topological polar surface area (TPSA) is 75.3 Å². The van der Waals surface area contributed by atoms with Crippen LogP contribution >= 0.6 is 0 Å². The molecule has 1 aliphatic heterocycles. The first-order valence-electron chi connectivity index (χ1n) is 5.47. The van der Waals surface area contributed by atoms with Gasteiger partial charge in [0.2, 0.25) is 5.91 Å². The maximum atomic E-state index is 11.8. The Balaban J connectivity index is 2.58. The van der Waals surface area contributed by atoms with Gasteiger partial charge in [0.1, 0.15) is 0 Å². The Morgan fingerprint density at radius 1 is 1.38 bits per heavy atom. The molecule has 2 N–H and O–H groups in total. The third-order valence-corrected chi connectivity index (χ3v) is 4.81. The number of hydrogen-bond acceptors (Lipinski definition) is 4. The smallest absolute Gasteiger partial charge is 0.239 e. The van der Waals surface area contributed by atoms with Gasteiger partial charge in [0, 0.05) is 6.04 Å². The van der Waals surface area contributed by atoms with E-state index in [9.17, 15) is 13.2 Å². The fourth-order valence-corrected chi connectivity index (χ4v) is 3.25. The second-order valence-corrected chi connectivity index (χ2v) is 7.03. The van der Waals surface area contributed by atoms with Crippen molar-refractivity contribution in [2.75, 3.05) is 18.6 Å². The van der Waals surface area contributed by atoms with Crippen molar-refractivity contribution in [3.05, 3.63) is 0 Å². The Kier molecular flexibility index (Phi) is 3.96. The van der Waals surface area contributed by atoms with Crippen LogP contribution in [0.15, 0.2) is 0 Å². The van der Waals surface area contributed by atoms with Gasteiger partial charge in [-0.3, -0.25) is 4.79 Å². The quantitative estimate of drug-likeness (QED) is 0.717. The van der Waals surface area contributed by atoms with Gasteiger partial charge in [-0.25, -0.2) is 8.42 Å². The Hall–Kier alpha value is -0.620. The average molecular weight is 248 g/mol. The van der Waals surface area contributed by atoms with Crippen molar-refractivity contribution < 1.29 is 13.2 Å². The normalized spacial score (nSPS) is 25.1. The fourth-order valence-electron chi connectivity index (χ4n) is 1.62. The largest absolute Gasteiger partial charge is 0.351 e. The molecule has 1 aliphatic rings. The van der Waals surface area contributed by atoms with Crippen LogP contribution in [0.1, 0.15) is 26.7 Å². The predicted molar refractivity (Wildman–Crippen MR) is 63.0 cm³/mol. The zero-order valence-electron chi connectivity index (χ0n) is 10.0. The van der Waals surface area contributed by atoms with Gasteiger partial charge in [0.05, 0.1) is 17.0 Å². The van der Waals surface area contributed by atoms with Crippen molar-refractivity contribution in [3.8, 4) is 0 Å². The molecule has 1 amide bonds. The van der Waals surface area contributed by atoms with Gasteiger partial charge in [-0.1, -0.05) is 0 Å². The van der Waals surface area contributed by atoms with E-state index in [1.807, 2.05) is 0 Å². The summed E-state index contributed by atoms with van der Waals surface area (Å²) in [5.74, 6) is 0.157. The van der Waals surface area contributed by atoms with Crippen LogP contribution in [0.25, 0.3) is 0 Å². The molecule has 0 saturated carbocycles. The van der Waals surface area contributed by atoms with E-state index in [0.717, 1.165) is 6.42 Å². The molecular formula is C10H20N2O3S. The number of amides is 1. The van der Waals surface area contributed by atoms with Crippen molar-refractivity contribution in [3.63, 3.8) is 0 Å². The number of nitrogens with one attached hydrogen (secondary N) is 2. The summed E-state index contributed by atoms with van der Waals surface area (Å²) < 4.78 is 22.8. The van der Waals surface area contributed by atoms with E-state index in [2.05, 4.69) is 10.6 Å². The van der Waals surface area contributed by atoms with E-state index >= 15 is 0 Å². The van der Waals surface area contributed by atoms with Crippen molar-refractivity contribution in [1.82, 2.24) is 10.6 Å². The highest BCUT2D eigenvalue weighted by Crippen LogP contribution is 2.13. The minimum atomic E-state index is -2.96. The SMILES string of the molecule is CNC(C)(C)C(=O)NC1CCCS(=O)(=O)C1. The van der Waals surface area contributed by atoms with Gasteiger partial charge in [0.25, 0.3) is 0 Å². The molecule has 16 heavy (non-hydrogen) atoms. The third-order valence-electron chi connectivity index (χ3n) is 2.99. The summed E-state index contributed by atoms with van der Waals surface area (Å²) >= 11 is 0. The summed E-state index contributed by atoms with van der Waals surface area (Å²) in [6, 6.07) is -0.237. The van der Waals surface area contributed by atoms with Gasteiger partial charge in [-0.15, -0.1) is 0 Å². The van der Waals surface area contributed by atoms with Gasteiger partial charge < -0.3 is 10.6 Å². The first-order valence-corrected chi connectivity index (χ1v) is 7.29. The molecule has 94 valence electrons. The highest BCUT2D eigenvalue weighted by atomic mass is 32.2. The molecule has 1 rings (SSSR count). The van der Waals surface area contributed by atoms with Crippen LogP contribution in [0.3, 0.4) is 0 Å². The lowest BCUT2D eigenvalue weighted by molar-refractivity contribution is -0.126. The highest BCUT2D eigenvalue weighted by Gasteiger charge is 2.31. The molecule has 0 aromatic carbocycles. The average Bonchev–Trinajstić information content (AvgIpc) is 2.16. The second-order valence-electron chi connectivity index (χ2n) is 4.80. The molecule has 1 fully saturated rings. The molecular weight excluding hydrogens is 228 g/mol. The first-order chi connectivity index (χ1) is 7.27. The number of sulfone groups is 1. The second kappa shape index (κ2) is 4.71. The summed E-state index contributed by atoms with van der Waals surface area (Å²) in [5.41, 5.74) is -0.665. The minimum absolute atomic E-state index is 0.0680. The summed E-state index contributed by atoms with van der Waals surface area (Å²) in [6.45, 7) is 3.53. The summed E-state index contributed by atoms with van der Waals surface area (Å²) in [5, 5.41) is 5.67. The van der Waals surface area contributed by atoms with Crippen molar-refractivity contribution >= 4 is 15.7 Å². The van der Waals surface area contributed by atoms with E-state index in [0.29, 0.717) is 6.42 Å². The lowest BCUT2D eigenvalue weighted by Gasteiger charge is -2.28. The molecule has 0 radical (unpaired) electrons. The molecule has 0 aromatic rings. The maximum absolute atomic E-state index is 11.8. The molecule has 0 spiro atoms. The first kappa shape index (κ1) is 13.4. The number of hydrogen-bond donors (Lipinski definition) is 2. The fraction of sp³-hybridized carbons (Fsp3) is 0.900. The van der Waals surface area contributed by atoms with Crippen LogP contribution in [0.2, 0.25) is 0 Å². The molecule has 1 unspecified atom stereocenters. The lowest BCUT2D eigenvalue weighted by atomic mass is 10.0. The summed E-state index contributed by atoms with van der Waals surface area (Å²) in [6.07, 6.45) is 1.37. The van der Waals surface area contributed by atoms with Crippen LogP contribution in [0.4, 0.5) is 0 Å². The van der Waals surface area contributed by atoms with Crippen molar-refractivity contribution in [2.45, 2.75) is 38.3 Å². The molecule has 0 aromatic heterocycles. The third kappa shape index (κ3) is 3.45. The lowest BCUT2D eigenvalue weighted by Crippen LogP contribution is -2.55. The van der Waals surface area contributed by atoms with E-state index in [-0.39, 0.29) is 23.5 Å². The number of carbonyl (C=O) groups excluding carboxylic acids is 1. The van der Waals surface area contributed by atoms with Crippen LogP contribution in [0.5, 0.6) is 0 Å². The van der Waals surface area contributed by atoms with Gasteiger partial charge in [-0.05, 0) is 33.7 Å². The predicted octanol–water partition coefficient (Wildman–Crippen LogP) is -0.322. The zero-order valence-corrected chi connectivity index (χ0v) is 10.9. The summed E-state index contributed by atoms with van der Waals surface area (Å²) in [7, 11) is -1.26. The van der Waals surface area contributed by atoms with Gasteiger partial charge in [0.15, 0.2) is 9.84 Å². The highest BCUT2D eigenvalue weighted by molar-refractivity contribution is 7.91. The van der Waals surface area contributed by atoms with Crippen LogP contribution in [-0.2, 0) is 14.6 Å². The Morgan fingerprint density at radius 2 is 2.00 bits per heavy atom. The number of likely N-dealkylation sites (N-methyl/N-ethyl adjacent to an activating group) is 1. The Labute approximate surface area is 96.9 Å².